The fraction of sp³-hybridized carbons (Fsp3) is 0.500. The van der Waals surface area contributed by atoms with Crippen molar-refractivity contribution in [1.29, 1.82) is 0 Å². The summed E-state index contributed by atoms with van der Waals surface area (Å²) in [7, 11) is 0. The molecule has 9 heteroatoms. The van der Waals surface area contributed by atoms with Gasteiger partial charge in [-0.25, -0.2) is 4.39 Å². The summed E-state index contributed by atoms with van der Waals surface area (Å²) in [6.45, 7) is 2.83. The number of hydrogen-bond donors (Lipinski definition) is 1. The van der Waals surface area contributed by atoms with E-state index in [1.165, 1.54) is 0 Å². The molecule has 3 heterocycles. The molecule has 2 aliphatic rings. The summed E-state index contributed by atoms with van der Waals surface area (Å²) < 4.78 is 19.0. The fourth-order valence-electron chi connectivity index (χ4n) is 3.21. The highest BCUT2D eigenvalue weighted by Crippen LogP contribution is 2.23. The number of fused-ring (bicyclic) bond motifs is 1. The molecule has 2 fully saturated rings. The minimum absolute atomic E-state index is 0. The van der Waals surface area contributed by atoms with Crippen LogP contribution in [0.2, 0.25) is 0 Å². The van der Waals surface area contributed by atoms with Gasteiger partial charge in [0.05, 0.1) is 6.04 Å². The first-order valence-corrected chi connectivity index (χ1v) is 7.97. The number of benzene rings is 1. The number of aromatic nitrogens is 1. The average Bonchev–Trinajstić information content (AvgIpc) is 3.20. The highest BCUT2D eigenvalue weighted by molar-refractivity contribution is 5.85. The van der Waals surface area contributed by atoms with E-state index in [1.54, 1.807) is 4.90 Å². The Balaban J connectivity index is 0.00000113. The standard InChI is InChI=1S/C16H19FN4O2.2ClH/c17-11-9-13(18-10-11)15(22)20-5-7-21(8-6-20)16-19-12-3-1-2-4-14(12)23-16;;/h1-4,11,13,18H,5-10H2;2*1H/t11-,13+;;/m0../s1. The van der Waals surface area contributed by atoms with Crippen LogP contribution >= 0.6 is 24.8 Å². The van der Waals surface area contributed by atoms with E-state index in [0.717, 1.165) is 11.1 Å². The van der Waals surface area contributed by atoms with Gasteiger partial charge in [0.2, 0.25) is 5.91 Å². The molecule has 0 bridgehead atoms. The van der Waals surface area contributed by atoms with E-state index in [1.807, 2.05) is 29.2 Å². The first-order chi connectivity index (χ1) is 11.2. The van der Waals surface area contributed by atoms with E-state index >= 15 is 0 Å². The first kappa shape index (κ1) is 19.8. The Bertz CT molecular complexity index is 688. The van der Waals surface area contributed by atoms with Crippen LogP contribution in [0.25, 0.3) is 11.1 Å². The Labute approximate surface area is 157 Å². The smallest absolute Gasteiger partial charge is 0.298 e. The molecule has 2 saturated heterocycles. The third-order valence-electron chi connectivity index (χ3n) is 4.52. The molecule has 1 N–H and O–H groups in total. The Morgan fingerprint density at radius 2 is 1.92 bits per heavy atom. The zero-order valence-corrected chi connectivity index (χ0v) is 15.2. The number of anilines is 1. The molecular weight excluding hydrogens is 370 g/mol. The van der Waals surface area contributed by atoms with E-state index in [4.69, 9.17) is 4.42 Å². The number of rotatable bonds is 2. The van der Waals surface area contributed by atoms with Crippen molar-refractivity contribution in [3.63, 3.8) is 0 Å². The van der Waals surface area contributed by atoms with Gasteiger partial charge < -0.3 is 19.5 Å². The van der Waals surface area contributed by atoms with Crippen molar-refractivity contribution in [1.82, 2.24) is 15.2 Å². The lowest BCUT2D eigenvalue weighted by molar-refractivity contribution is -0.133. The van der Waals surface area contributed by atoms with Crippen molar-refractivity contribution in [2.24, 2.45) is 0 Å². The van der Waals surface area contributed by atoms with E-state index in [2.05, 4.69) is 10.3 Å². The zero-order valence-electron chi connectivity index (χ0n) is 13.6. The molecule has 6 nitrogen and oxygen atoms in total. The van der Waals surface area contributed by atoms with Gasteiger partial charge in [-0.05, 0) is 12.1 Å². The number of hydrogen-bond acceptors (Lipinski definition) is 5. The maximum atomic E-state index is 13.2. The number of carbonyl (C=O) groups is 1. The van der Waals surface area contributed by atoms with E-state index in [0.29, 0.717) is 32.2 Å². The minimum Gasteiger partial charge on any atom is -0.423 e. The number of piperazine rings is 1. The van der Waals surface area contributed by atoms with Crippen LogP contribution in [0.5, 0.6) is 0 Å². The Morgan fingerprint density at radius 1 is 1.20 bits per heavy atom. The molecule has 2 aromatic rings. The molecule has 1 aromatic carbocycles. The van der Waals surface area contributed by atoms with E-state index < -0.39 is 6.17 Å². The third-order valence-corrected chi connectivity index (χ3v) is 4.52. The number of amides is 1. The largest absolute Gasteiger partial charge is 0.423 e. The van der Waals surface area contributed by atoms with Crippen LogP contribution in [-0.4, -0.2) is 60.7 Å². The van der Waals surface area contributed by atoms with Crippen LogP contribution in [0.3, 0.4) is 0 Å². The summed E-state index contributed by atoms with van der Waals surface area (Å²) in [5, 5.41) is 2.95. The molecular formula is C16H21Cl2FN4O2. The number of para-hydroxylation sites is 2. The maximum Gasteiger partial charge on any atom is 0.298 e. The van der Waals surface area contributed by atoms with Gasteiger partial charge in [0.15, 0.2) is 5.58 Å². The molecule has 0 spiro atoms. The topological polar surface area (TPSA) is 61.6 Å². The Hall–Kier alpha value is -1.57. The van der Waals surface area contributed by atoms with Crippen molar-refractivity contribution in [2.75, 3.05) is 37.6 Å². The van der Waals surface area contributed by atoms with Crippen molar-refractivity contribution in [3.05, 3.63) is 24.3 Å². The number of nitrogens with one attached hydrogen (secondary N) is 1. The van der Waals surface area contributed by atoms with Crippen LogP contribution in [0.15, 0.2) is 28.7 Å². The van der Waals surface area contributed by atoms with Gasteiger partial charge in [-0.2, -0.15) is 4.98 Å². The molecule has 2 atom stereocenters. The lowest BCUT2D eigenvalue weighted by Gasteiger charge is -2.35. The molecule has 0 saturated carbocycles. The van der Waals surface area contributed by atoms with Gasteiger partial charge in [0, 0.05) is 39.1 Å². The predicted molar refractivity (Wildman–Crippen MR) is 98.6 cm³/mol. The number of halogens is 3. The van der Waals surface area contributed by atoms with Crippen LogP contribution in [0.1, 0.15) is 6.42 Å². The zero-order chi connectivity index (χ0) is 15.8. The summed E-state index contributed by atoms with van der Waals surface area (Å²) in [4.78, 5) is 20.7. The molecule has 2 aliphatic heterocycles. The quantitative estimate of drug-likeness (QED) is 0.849. The van der Waals surface area contributed by atoms with Gasteiger partial charge in [-0.3, -0.25) is 4.79 Å². The number of oxazole rings is 1. The Morgan fingerprint density at radius 3 is 2.56 bits per heavy atom. The number of carbonyl (C=O) groups excluding carboxylic acids is 1. The van der Waals surface area contributed by atoms with Crippen molar-refractivity contribution in [3.8, 4) is 0 Å². The molecule has 1 amide bonds. The SMILES string of the molecule is Cl.Cl.O=C([C@H]1C[C@H](F)CN1)N1CCN(c2nc3ccccc3o2)CC1. The maximum absolute atomic E-state index is 13.2. The summed E-state index contributed by atoms with van der Waals surface area (Å²) in [5.41, 5.74) is 1.61. The molecule has 0 radical (unpaired) electrons. The highest BCUT2D eigenvalue weighted by Gasteiger charge is 2.34. The van der Waals surface area contributed by atoms with Gasteiger partial charge in [0.1, 0.15) is 11.7 Å². The molecule has 25 heavy (non-hydrogen) atoms. The summed E-state index contributed by atoms with van der Waals surface area (Å²) >= 11 is 0. The Kier molecular flexibility index (Phi) is 6.48. The van der Waals surface area contributed by atoms with E-state index in [9.17, 15) is 9.18 Å². The second kappa shape index (κ2) is 8.21. The molecule has 0 unspecified atom stereocenters. The van der Waals surface area contributed by atoms with Crippen LogP contribution in [0, 0.1) is 0 Å². The molecule has 4 rings (SSSR count). The van der Waals surface area contributed by atoms with Gasteiger partial charge >= 0.3 is 0 Å². The van der Waals surface area contributed by atoms with E-state index in [-0.39, 0.29) is 49.7 Å². The second-order valence-corrected chi connectivity index (χ2v) is 6.07. The third kappa shape index (κ3) is 3.99. The molecule has 138 valence electrons. The average molecular weight is 391 g/mol. The monoisotopic (exact) mass is 390 g/mol. The second-order valence-electron chi connectivity index (χ2n) is 6.07. The lowest BCUT2D eigenvalue weighted by atomic mass is 10.1. The van der Waals surface area contributed by atoms with Crippen molar-refractivity contribution >= 4 is 47.8 Å². The lowest BCUT2D eigenvalue weighted by Crippen LogP contribution is -2.53. The molecule has 0 aliphatic carbocycles. The van der Waals surface area contributed by atoms with Gasteiger partial charge in [-0.15, -0.1) is 24.8 Å². The highest BCUT2D eigenvalue weighted by atomic mass is 35.5. The summed E-state index contributed by atoms with van der Waals surface area (Å²) in [5.74, 6) is 0.00219. The van der Waals surface area contributed by atoms with Crippen LogP contribution < -0.4 is 10.2 Å². The minimum atomic E-state index is -0.912. The summed E-state index contributed by atoms with van der Waals surface area (Å²) in [6.07, 6.45) is -0.630. The first-order valence-electron chi connectivity index (χ1n) is 7.97. The molecule has 1 aromatic heterocycles. The van der Waals surface area contributed by atoms with Crippen molar-refractivity contribution in [2.45, 2.75) is 18.6 Å². The summed E-state index contributed by atoms with van der Waals surface area (Å²) in [6, 6.07) is 7.88. The van der Waals surface area contributed by atoms with Crippen molar-refractivity contribution < 1.29 is 13.6 Å². The van der Waals surface area contributed by atoms with Gasteiger partial charge in [-0.1, -0.05) is 12.1 Å². The number of alkyl halides is 1. The van der Waals surface area contributed by atoms with Gasteiger partial charge in [0.25, 0.3) is 6.01 Å². The van der Waals surface area contributed by atoms with Crippen LogP contribution in [0.4, 0.5) is 10.4 Å². The predicted octanol–water partition coefficient (Wildman–Crippen LogP) is 2.02. The number of nitrogens with zero attached hydrogens (tertiary/aromatic N) is 3. The van der Waals surface area contributed by atoms with Crippen LogP contribution in [-0.2, 0) is 4.79 Å². The fourth-order valence-corrected chi connectivity index (χ4v) is 3.21. The normalized spacial score (nSPS) is 23.2.